The average molecular weight is 284 g/mol. The molecule has 76 valence electrons. The summed E-state index contributed by atoms with van der Waals surface area (Å²) in [5.41, 5.74) is 0.957. The molecule has 0 aliphatic rings. The van der Waals surface area contributed by atoms with E-state index in [1.807, 2.05) is 36.4 Å². The summed E-state index contributed by atoms with van der Waals surface area (Å²) in [6, 6.07) is 11.3. The van der Waals surface area contributed by atoms with Gasteiger partial charge in [-0.1, -0.05) is 11.6 Å². The summed E-state index contributed by atoms with van der Waals surface area (Å²) in [6.45, 7) is 0. The van der Waals surface area contributed by atoms with Crippen molar-refractivity contribution in [3.05, 3.63) is 52.1 Å². The Morgan fingerprint density at radius 1 is 1.13 bits per heavy atom. The van der Waals surface area contributed by atoms with Crippen molar-refractivity contribution in [2.75, 3.05) is 5.32 Å². The minimum absolute atomic E-state index is 0.723. The number of rotatable bonds is 2. The zero-order chi connectivity index (χ0) is 10.7. The van der Waals surface area contributed by atoms with E-state index in [-0.39, 0.29) is 0 Å². The highest BCUT2D eigenvalue weighted by molar-refractivity contribution is 9.10. The third-order valence-corrected chi connectivity index (χ3v) is 2.76. The van der Waals surface area contributed by atoms with E-state index in [9.17, 15) is 0 Å². The Bertz CT molecular complexity index is 456. The fourth-order valence-corrected chi connectivity index (χ4v) is 1.63. The van der Waals surface area contributed by atoms with Crippen molar-refractivity contribution < 1.29 is 0 Å². The normalized spacial score (nSPS) is 10.0. The molecular formula is C11H8BrClN2. The van der Waals surface area contributed by atoms with Crippen molar-refractivity contribution in [2.45, 2.75) is 0 Å². The van der Waals surface area contributed by atoms with E-state index in [0.717, 1.165) is 21.0 Å². The lowest BCUT2D eigenvalue weighted by atomic mass is 10.3. The third-order valence-electron chi connectivity index (χ3n) is 1.87. The van der Waals surface area contributed by atoms with Gasteiger partial charge in [0.1, 0.15) is 5.82 Å². The summed E-state index contributed by atoms with van der Waals surface area (Å²) in [5, 5.41) is 3.91. The van der Waals surface area contributed by atoms with Crippen molar-refractivity contribution in [3.8, 4) is 0 Å². The zero-order valence-electron chi connectivity index (χ0n) is 7.74. The predicted octanol–water partition coefficient (Wildman–Crippen LogP) is 4.24. The molecule has 4 heteroatoms. The molecule has 0 unspecified atom stereocenters. The van der Waals surface area contributed by atoms with Crippen LogP contribution in [0.2, 0.25) is 5.02 Å². The fourth-order valence-electron chi connectivity index (χ4n) is 1.15. The Balaban J connectivity index is 2.22. The van der Waals surface area contributed by atoms with E-state index in [0.29, 0.717) is 0 Å². The highest BCUT2D eigenvalue weighted by Crippen LogP contribution is 2.23. The number of anilines is 2. The van der Waals surface area contributed by atoms with Gasteiger partial charge in [-0.25, -0.2) is 4.98 Å². The van der Waals surface area contributed by atoms with Crippen molar-refractivity contribution in [3.63, 3.8) is 0 Å². The second-order valence-corrected chi connectivity index (χ2v) is 4.26. The molecule has 0 bridgehead atoms. The van der Waals surface area contributed by atoms with Crippen LogP contribution in [0.15, 0.2) is 47.1 Å². The zero-order valence-corrected chi connectivity index (χ0v) is 10.1. The lowest BCUT2D eigenvalue weighted by Crippen LogP contribution is -1.93. The van der Waals surface area contributed by atoms with Gasteiger partial charge in [0.2, 0.25) is 0 Å². The van der Waals surface area contributed by atoms with E-state index in [2.05, 4.69) is 26.2 Å². The molecule has 0 aliphatic carbocycles. The van der Waals surface area contributed by atoms with Gasteiger partial charge in [0.15, 0.2) is 0 Å². The monoisotopic (exact) mass is 282 g/mol. The molecular weight excluding hydrogens is 275 g/mol. The van der Waals surface area contributed by atoms with Crippen LogP contribution in [0.5, 0.6) is 0 Å². The van der Waals surface area contributed by atoms with Crippen LogP contribution in [0.3, 0.4) is 0 Å². The molecule has 0 aliphatic heterocycles. The summed E-state index contributed by atoms with van der Waals surface area (Å²) in [5.74, 6) is 0.792. The van der Waals surface area contributed by atoms with Gasteiger partial charge in [0.25, 0.3) is 0 Å². The van der Waals surface area contributed by atoms with E-state index in [4.69, 9.17) is 11.6 Å². The number of halogens is 2. The van der Waals surface area contributed by atoms with Crippen LogP contribution < -0.4 is 5.32 Å². The molecule has 2 nitrogen and oxygen atoms in total. The summed E-state index contributed by atoms with van der Waals surface area (Å²) in [7, 11) is 0. The minimum atomic E-state index is 0.723. The molecule has 0 saturated heterocycles. The fraction of sp³-hybridized carbons (Fsp3) is 0. The van der Waals surface area contributed by atoms with E-state index < -0.39 is 0 Å². The van der Waals surface area contributed by atoms with E-state index in [1.54, 1.807) is 6.20 Å². The molecule has 2 rings (SSSR count). The van der Waals surface area contributed by atoms with Gasteiger partial charge in [0, 0.05) is 16.9 Å². The largest absolute Gasteiger partial charge is 0.339 e. The standard InChI is InChI=1S/C11H8BrClN2/c12-10-2-1-7-14-11(10)15-9-5-3-8(13)4-6-9/h1-7H,(H,14,15). The Morgan fingerprint density at radius 3 is 2.53 bits per heavy atom. The molecule has 1 heterocycles. The highest BCUT2D eigenvalue weighted by Gasteiger charge is 1.99. The van der Waals surface area contributed by atoms with Crippen LogP contribution in [-0.4, -0.2) is 4.98 Å². The SMILES string of the molecule is Clc1ccc(Nc2ncccc2Br)cc1. The maximum absolute atomic E-state index is 5.79. The van der Waals surface area contributed by atoms with Crippen LogP contribution in [0.4, 0.5) is 11.5 Å². The first-order valence-corrected chi connectivity index (χ1v) is 5.56. The Hall–Kier alpha value is -1.06. The Kier molecular flexibility index (Phi) is 3.23. The second kappa shape index (κ2) is 4.64. The van der Waals surface area contributed by atoms with Gasteiger partial charge in [-0.15, -0.1) is 0 Å². The summed E-state index contributed by atoms with van der Waals surface area (Å²) >= 11 is 9.21. The number of nitrogens with zero attached hydrogens (tertiary/aromatic N) is 1. The maximum Gasteiger partial charge on any atom is 0.144 e. The molecule has 0 radical (unpaired) electrons. The van der Waals surface area contributed by atoms with Crippen LogP contribution in [0.1, 0.15) is 0 Å². The van der Waals surface area contributed by atoms with Crippen LogP contribution in [0.25, 0.3) is 0 Å². The summed E-state index contributed by atoms with van der Waals surface area (Å²) < 4.78 is 0.931. The number of aromatic nitrogens is 1. The van der Waals surface area contributed by atoms with Gasteiger partial charge in [-0.2, -0.15) is 0 Å². The summed E-state index contributed by atoms with van der Waals surface area (Å²) in [6.07, 6.45) is 1.74. The smallest absolute Gasteiger partial charge is 0.144 e. The predicted molar refractivity (Wildman–Crippen MR) is 66.7 cm³/mol. The first-order chi connectivity index (χ1) is 7.25. The number of benzene rings is 1. The average Bonchev–Trinajstić information content (AvgIpc) is 2.25. The quantitative estimate of drug-likeness (QED) is 0.891. The second-order valence-electron chi connectivity index (χ2n) is 2.97. The molecule has 0 amide bonds. The number of pyridine rings is 1. The molecule has 1 N–H and O–H groups in total. The van der Waals surface area contributed by atoms with E-state index >= 15 is 0 Å². The highest BCUT2D eigenvalue weighted by atomic mass is 79.9. The topological polar surface area (TPSA) is 24.9 Å². The van der Waals surface area contributed by atoms with E-state index in [1.165, 1.54) is 0 Å². The first-order valence-electron chi connectivity index (χ1n) is 4.39. The maximum atomic E-state index is 5.79. The van der Waals surface area contributed by atoms with Gasteiger partial charge < -0.3 is 5.32 Å². The van der Waals surface area contributed by atoms with Gasteiger partial charge >= 0.3 is 0 Å². The van der Waals surface area contributed by atoms with Crippen molar-refractivity contribution >= 4 is 39.0 Å². The third kappa shape index (κ3) is 2.70. The Labute approximate surface area is 101 Å². The van der Waals surface area contributed by atoms with Crippen molar-refractivity contribution in [1.82, 2.24) is 4.98 Å². The first kappa shape index (κ1) is 10.5. The number of nitrogens with one attached hydrogen (secondary N) is 1. The summed E-state index contributed by atoms with van der Waals surface area (Å²) in [4.78, 5) is 4.21. The molecule has 1 aromatic carbocycles. The molecule has 15 heavy (non-hydrogen) atoms. The number of hydrogen-bond donors (Lipinski definition) is 1. The van der Waals surface area contributed by atoms with Crippen molar-refractivity contribution in [2.24, 2.45) is 0 Å². The molecule has 0 spiro atoms. The molecule has 0 atom stereocenters. The van der Waals surface area contributed by atoms with Gasteiger partial charge in [-0.3, -0.25) is 0 Å². The molecule has 1 aromatic heterocycles. The number of hydrogen-bond acceptors (Lipinski definition) is 2. The molecule has 2 aromatic rings. The van der Waals surface area contributed by atoms with Crippen LogP contribution in [-0.2, 0) is 0 Å². The Morgan fingerprint density at radius 2 is 1.87 bits per heavy atom. The van der Waals surface area contributed by atoms with Crippen molar-refractivity contribution in [1.29, 1.82) is 0 Å². The lowest BCUT2D eigenvalue weighted by molar-refractivity contribution is 1.29. The molecule has 0 saturated carbocycles. The minimum Gasteiger partial charge on any atom is -0.339 e. The lowest BCUT2D eigenvalue weighted by Gasteiger charge is -2.06. The van der Waals surface area contributed by atoms with Gasteiger partial charge in [-0.05, 0) is 52.3 Å². The molecule has 0 fully saturated rings. The van der Waals surface area contributed by atoms with Gasteiger partial charge in [0.05, 0.1) is 4.47 Å². The van der Waals surface area contributed by atoms with Crippen LogP contribution >= 0.6 is 27.5 Å². The van der Waals surface area contributed by atoms with Crippen LogP contribution in [0, 0.1) is 0 Å².